The average Bonchev–Trinajstić information content (AvgIpc) is 2.42. The van der Waals surface area contributed by atoms with E-state index in [0.29, 0.717) is 11.4 Å². The molecule has 2 aromatic carbocycles. The third-order valence-corrected chi connectivity index (χ3v) is 5.50. The molecular weight excluding hydrogens is 326 g/mol. The molecule has 1 N–H and O–H groups in total. The van der Waals surface area contributed by atoms with Crippen LogP contribution >= 0.6 is 23.4 Å². The van der Waals surface area contributed by atoms with Gasteiger partial charge in [0.2, 0.25) is 0 Å². The van der Waals surface area contributed by atoms with Crippen molar-refractivity contribution < 1.29 is 8.42 Å². The Morgan fingerprint density at radius 2 is 1.81 bits per heavy atom. The SMILES string of the molecule is CNCc1c(Cl)cccc1Sc1ccc(S(C)(=O)=O)cc1. The molecule has 0 amide bonds. The van der Waals surface area contributed by atoms with Gasteiger partial charge in [0.1, 0.15) is 0 Å². The summed E-state index contributed by atoms with van der Waals surface area (Å²) in [6.45, 7) is 0.684. The quantitative estimate of drug-likeness (QED) is 0.902. The molecule has 21 heavy (non-hydrogen) atoms. The van der Waals surface area contributed by atoms with Crippen LogP contribution in [0.3, 0.4) is 0 Å². The minimum absolute atomic E-state index is 0.327. The Kier molecular flexibility index (Phi) is 5.32. The highest BCUT2D eigenvalue weighted by atomic mass is 35.5. The van der Waals surface area contributed by atoms with Crippen molar-refractivity contribution in [1.82, 2.24) is 5.32 Å². The summed E-state index contributed by atoms with van der Waals surface area (Å²) in [5, 5.41) is 3.83. The molecule has 0 unspecified atom stereocenters. The van der Waals surface area contributed by atoms with Crippen LogP contribution in [-0.4, -0.2) is 21.7 Å². The largest absolute Gasteiger partial charge is 0.316 e. The van der Waals surface area contributed by atoms with E-state index < -0.39 is 9.84 Å². The molecule has 0 heterocycles. The van der Waals surface area contributed by atoms with Crippen molar-refractivity contribution in [3.8, 4) is 0 Å². The zero-order chi connectivity index (χ0) is 15.5. The van der Waals surface area contributed by atoms with Crippen molar-refractivity contribution in [2.75, 3.05) is 13.3 Å². The van der Waals surface area contributed by atoms with Crippen LogP contribution in [0, 0.1) is 0 Å². The second-order valence-corrected chi connectivity index (χ2v) is 8.13. The molecule has 0 fully saturated rings. The average molecular weight is 342 g/mol. The van der Waals surface area contributed by atoms with Crippen LogP contribution in [0.4, 0.5) is 0 Å². The predicted octanol–water partition coefficient (Wildman–Crippen LogP) is 3.61. The van der Waals surface area contributed by atoms with Crippen LogP contribution in [-0.2, 0) is 16.4 Å². The lowest BCUT2D eigenvalue weighted by Crippen LogP contribution is -2.06. The molecule has 0 bridgehead atoms. The van der Waals surface area contributed by atoms with E-state index in [2.05, 4.69) is 5.32 Å². The maximum atomic E-state index is 11.5. The van der Waals surface area contributed by atoms with Gasteiger partial charge in [0.25, 0.3) is 0 Å². The fourth-order valence-electron chi connectivity index (χ4n) is 1.86. The lowest BCUT2D eigenvalue weighted by atomic mass is 10.2. The molecule has 112 valence electrons. The van der Waals surface area contributed by atoms with Crippen LogP contribution in [0.2, 0.25) is 5.02 Å². The molecule has 0 radical (unpaired) electrons. The first-order valence-electron chi connectivity index (χ1n) is 6.32. The molecule has 0 aliphatic heterocycles. The van der Waals surface area contributed by atoms with E-state index in [9.17, 15) is 8.42 Å². The fourth-order valence-corrected chi connectivity index (χ4v) is 3.77. The Bertz CT molecular complexity index is 728. The van der Waals surface area contributed by atoms with Gasteiger partial charge in [0.05, 0.1) is 4.90 Å². The summed E-state index contributed by atoms with van der Waals surface area (Å²) in [4.78, 5) is 2.36. The molecule has 0 saturated heterocycles. The van der Waals surface area contributed by atoms with Gasteiger partial charge in [-0.1, -0.05) is 29.4 Å². The van der Waals surface area contributed by atoms with E-state index in [4.69, 9.17) is 11.6 Å². The van der Waals surface area contributed by atoms with Crippen molar-refractivity contribution >= 4 is 33.2 Å². The van der Waals surface area contributed by atoms with E-state index in [1.54, 1.807) is 23.9 Å². The summed E-state index contributed by atoms with van der Waals surface area (Å²) in [6.07, 6.45) is 1.21. The van der Waals surface area contributed by atoms with E-state index >= 15 is 0 Å². The molecule has 0 aliphatic rings. The summed E-state index contributed by atoms with van der Waals surface area (Å²) in [6, 6.07) is 12.7. The Labute approximate surface area is 134 Å². The lowest BCUT2D eigenvalue weighted by molar-refractivity contribution is 0.602. The van der Waals surface area contributed by atoms with Gasteiger partial charge in [-0.2, -0.15) is 0 Å². The standard InChI is InChI=1S/C15H16ClNO2S2/c1-17-10-13-14(16)4-3-5-15(13)20-11-6-8-12(9-7-11)21(2,18)19/h3-9,17H,10H2,1-2H3. The molecule has 0 atom stereocenters. The number of hydrogen-bond acceptors (Lipinski definition) is 4. The molecule has 2 aromatic rings. The fraction of sp³-hybridized carbons (Fsp3) is 0.200. The minimum Gasteiger partial charge on any atom is -0.316 e. The highest BCUT2D eigenvalue weighted by molar-refractivity contribution is 7.99. The van der Waals surface area contributed by atoms with Gasteiger partial charge >= 0.3 is 0 Å². The number of nitrogens with one attached hydrogen (secondary N) is 1. The molecule has 0 aromatic heterocycles. The predicted molar refractivity (Wildman–Crippen MR) is 87.9 cm³/mol. The van der Waals surface area contributed by atoms with Crippen molar-refractivity contribution in [1.29, 1.82) is 0 Å². The zero-order valence-electron chi connectivity index (χ0n) is 11.8. The molecular formula is C15H16ClNO2S2. The van der Waals surface area contributed by atoms with E-state index in [1.165, 1.54) is 6.26 Å². The Morgan fingerprint density at radius 3 is 2.38 bits per heavy atom. The molecule has 0 spiro atoms. The van der Waals surface area contributed by atoms with Gasteiger partial charge in [-0.25, -0.2) is 8.42 Å². The van der Waals surface area contributed by atoms with Gasteiger partial charge in [0.15, 0.2) is 9.84 Å². The second-order valence-electron chi connectivity index (χ2n) is 4.59. The second kappa shape index (κ2) is 6.83. The Hall–Kier alpha value is -1.01. The Balaban J connectivity index is 2.28. The number of benzene rings is 2. The zero-order valence-corrected chi connectivity index (χ0v) is 14.1. The third-order valence-electron chi connectivity index (χ3n) is 2.91. The molecule has 3 nitrogen and oxygen atoms in total. The normalized spacial score (nSPS) is 11.6. The number of sulfone groups is 1. The van der Waals surface area contributed by atoms with Crippen molar-refractivity contribution in [3.63, 3.8) is 0 Å². The summed E-state index contributed by atoms with van der Waals surface area (Å²) >= 11 is 7.80. The van der Waals surface area contributed by atoms with Gasteiger partial charge in [-0.15, -0.1) is 0 Å². The molecule has 2 rings (SSSR count). The number of halogens is 1. The molecule has 0 aliphatic carbocycles. The summed E-state index contributed by atoms with van der Waals surface area (Å²) in [5.74, 6) is 0. The van der Waals surface area contributed by atoms with Crippen molar-refractivity contribution in [3.05, 3.63) is 53.1 Å². The third kappa shape index (κ3) is 4.23. The summed E-state index contributed by atoms with van der Waals surface area (Å²) in [7, 11) is -1.28. The van der Waals surface area contributed by atoms with Crippen LogP contribution in [0.25, 0.3) is 0 Å². The smallest absolute Gasteiger partial charge is 0.175 e. The monoisotopic (exact) mass is 341 g/mol. The van der Waals surface area contributed by atoms with E-state index in [-0.39, 0.29) is 0 Å². The summed E-state index contributed by atoms with van der Waals surface area (Å²) in [5.41, 5.74) is 1.04. The minimum atomic E-state index is -3.16. The first-order valence-corrected chi connectivity index (χ1v) is 9.40. The van der Waals surface area contributed by atoms with Gasteiger partial charge in [-0.05, 0) is 49.0 Å². The number of rotatable bonds is 5. The Morgan fingerprint density at radius 1 is 1.14 bits per heavy atom. The number of hydrogen-bond donors (Lipinski definition) is 1. The van der Waals surface area contributed by atoms with Crippen LogP contribution < -0.4 is 5.32 Å². The van der Waals surface area contributed by atoms with Gasteiger partial charge in [0, 0.05) is 27.6 Å². The van der Waals surface area contributed by atoms with Crippen molar-refractivity contribution in [2.24, 2.45) is 0 Å². The highest BCUT2D eigenvalue weighted by Crippen LogP contribution is 2.34. The molecule has 0 saturated carbocycles. The highest BCUT2D eigenvalue weighted by Gasteiger charge is 2.10. The van der Waals surface area contributed by atoms with Crippen molar-refractivity contribution in [2.45, 2.75) is 21.2 Å². The first-order chi connectivity index (χ1) is 9.91. The van der Waals surface area contributed by atoms with Gasteiger partial charge < -0.3 is 5.32 Å². The lowest BCUT2D eigenvalue weighted by Gasteiger charge is -2.11. The topological polar surface area (TPSA) is 46.2 Å². The van der Waals surface area contributed by atoms with E-state index in [0.717, 1.165) is 20.4 Å². The maximum absolute atomic E-state index is 11.5. The summed E-state index contributed by atoms with van der Waals surface area (Å²) < 4.78 is 22.9. The van der Waals surface area contributed by atoms with Crippen LogP contribution in [0.1, 0.15) is 5.56 Å². The van der Waals surface area contributed by atoms with E-state index in [1.807, 2.05) is 37.4 Å². The first kappa shape index (κ1) is 16.4. The van der Waals surface area contributed by atoms with Crippen LogP contribution in [0.5, 0.6) is 0 Å². The van der Waals surface area contributed by atoms with Crippen LogP contribution in [0.15, 0.2) is 57.2 Å². The molecule has 6 heteroatoms. The van der Waals surface area contributed by atoms with Gasteiger partial charge in [-0.3, -0.25) is 0 Å². The maximum Gasteiger partial charge on any atom is 0.175 e.